The van der Waals surface area contributed by atoms with Crippen molar-refractivity contribution in [3.63, 3.8) is 0 Å². The van der Waals surface area contributed by atoms with Gasteiger partial charge in [-0.15, -0.1) is 0 Å². The molecule has 0 aromatic carbocycles. The molecular formula is C3H3F3OZr. The van der Waals surface area contributed by atoms with Crippen LogP contribution in [0.15, 0.2) is 0 Å². The van der Waals surface area contributed by atoms with Crippen LogP contribution in [0.1, 0.15) is 6.92 Å². The molecule has 0 atom stereocenters. The van der Waals surface area contributed by atoms with Gasteiger partial charge >= 0.3 is 6.18 Å². The Labute approximate surface area is 63.4 Å². The van der Waals surface area contributed by atoms with Crippen LogP contribution in [0.4, 0.5) is 13.2 Å². The fraction of sp³-hybridized carbons (Fsp3) is 0.667. The smallest absolute Gasteiger partial charge is 0.290 e. The first-order valence-electron chi connectivity index (χ1n) is 1.52. The monoisotopic (exact) mass is 202 g/mol. The largest absolute Gasteiger partial charge is 0.449 e. The van der Waals surface area contributed by atoms with Gasteiger partial charge in [-0.3, -0.25) is 4.79 Å². The Bertz CT molecular complexity index is 87.0. The van der Waals surface area contributed by atoms with Gasteiger partial charge in [-0.1, -0.05) is 0 Å². The number of halogens is 3. The summed E-state index contributed by atoms with van der Waals surface area (Å²) in [6.45, 7) is 0.486. The maximum atomic E-state index is 10.8. The zero-order chi connectivity index (χ0) is 6.08. The Balaban J connectivity index is 0. The second kappa shape index (κ2) is 3.38. The molecule has 0 saturated heterocycles. The number of hydrogen-bond acceptors (Lipinski definition) is 1. The fourth-order valence-electron chi connectivity index (χ4n) is 0. The minimum absolute atomic E-state index is 0. The Morgan fingerprint density at radius 3 is 1.50 bits per heavy atom. The van der Waals surface area contributed by atoms with E-state index in [9.17, 15) is 18.0 Å². The van der Waals surface area contributed by atoms with E-state index in [1.807, 2.05) is 0 Å². The number of ketones is 1. The second-order valence-corrected chi connectivity index (χ2v) is 1.05. The molecule has 0 aliphatic heterocycles. The molecule has 46 valence electrons. The van der Waals surface area contributed by atoms with Crippen LogP contribution in [-0.4, -0.2) is 12.0 Å². The third kappa shape index (κ3) is 4.50. The molecule has 0 aliphatic rings. The first kappa shape index (κ1) is 11.2. The minimum Gasteiger partial charge on any atom is -0.290 e. The van der Waals surface area contributed by atoms with Crippen molar-refractivity contribution in [2.24, 2.45) is 0 Å². The van der Waals surface area contributed by atoms with Gasteiger partial charge in [-0.2, -0.15) is 13.2 Å². The summed E-state index contributed by atoms with van der Waals surface area (Å²) < 4.78 is 32.5. The van der Waals surface area contributed by atoms with Gasteiger partial charge in [0.1, 0.15) is 0 Å². The first-order valence-corrected chi connectivity index (χ1v) is 1.52. The summed E-state index contributed by atoms with van der Waals surface area (Å²) in [6.07, 6.45) is -4.64. The van der Waals surface area contributed by atoms with Gasteiger partial charge in [0, 0.05) is 33.1 Å². The normalized spacial score (nSPS) is 10.0. The van der Waals surface area contributed by atoms with Crippen molar-refractivity contribution in [3.05, 3.63) is 0 Å². The molecule has 0 amide bonds. The Morgan fingerprint density at radius 1 is 1.38 bits per heavy atom. The molecule has 0 rings (SSSR count). The fourth-order valence-corrected chi connectivity index (χ4v) is 0. The van der Waals surface area contributed by atoms with E-state index in [0.717, 1.165) is 0 Å². The maximum Gasteiger partial charge on any atom is 0.449 e. The quantitative estimate of drug-likeness (QED) is 0.577. The number of carbonyl (C=O) groups is 1. The predicted molar refractivity (Wildman–Crippen MR) is 16.7 cm³/mol. The molecule has 0 aliphatic carbocycles. The van der Waals surface area contributed by atoms with Gasteiger partial charge in [0.2, 0.25) is 5.78 Å². The van der Waals surface area contributed by atoms with E-state index in [4.69, 9.17) is 0 Å². The molecule has 0 radical (unpaired) electrons. The van der Waals surface area contributed by atoms with Crippen molar-refractivity contribution in [1.82, 2.24) is 0 Å². The van der Waals surface area contributed by atoms with Crippen LogP contribution in [0.3, 0.4) is 0 Å². The average Bonchev–Trinajstić information content (AvgIpc) is 1.31. The van der Waals surface area contributed by atoms with Gasteiger partial charge in [0.05, 0.1) is 0 Å². The molecule has 0 unspecified atom stereocenters. The molecule has 0 fully saturated rings. The number of hydrogen-bond donors (Lipinski definition) is 0. The molecule has 8 heavy (non-hydrogen) atoms. The number of rotatable bonds is 0. The molecular weight excluding hydrogens is 200 g/mol. The number of Topliss-reactive ketones (excluding diaryl/α,β-unsaturated/α-hetero) is 1. The molecule has 0 heterocycles. The Hall–Kier alpha value is 0.343. The zero-order valence-corrected chi connectivity index (χ0v) is 6.50. The molecule has 0 aromatic rings. The van der Waals surface area contributed by atoms with Crippen molar-refractivity contribution in [2.45, 2.75) is 13.1 Å². The van der Waals surface area contributed by atoms with Gasteiger partial charge < -0.3 is 0 Å². The van der Waals surface area contributed by atoms with Crippen LogP contribution < -0.4 is 0 Å². The topological polar surface area (TPSA) is 17.1 Å². The first-order chi connectivity index (χ1) is 2.94. The standard InChI is InChI=1S/C3H3F3O.Zr/c1-2(7)3(4,5)6;/h1H3;. The predicted octanol–water partition coefficient (Wildman–Crippen LogP) is 1.14. The van der Waals surface area contributed by atoms with E-state index in [0.29, 0.717) is 6.92 Å². The molecule has 1 nitrogen and oxygen atoms in total. The minimum atomic E-state index is -4.64. The van der Waals surface area contributed by atoms with E-state index in [1.165, 1.54) is 0 Å². The Morgan fingerprint density at radius 2 is 1.50 bits per heavy atom. The van der Waals surface area contributed by atoms with Crippen LogP contribution in [-0.2, 0) is 31.0 Å². The average molecular weight is 203 g/mol. The molecule has 0 aromatic heterocycles. The summed E-state index contributed by atoms with van der Waals surface area (Å²) in [7, 11) is 0. The van der Waals surface area contributed by atoms with E-state index in [-0.39, 0.29) is 26.2 Å². The summed E-state index contributed by atoms with van der Waals surface area (Å²) in [4.78, 5) is 9.34. The molecule has 0 bridgehead atoms. The summed E-state index contributed by atoms with van der Waals surface area (Å²) in [6, 6.07) is 0. The van der Waals surface area contributed by atoms with Crippen molar-refractivity contribution < 1.29 is 44.2 Å². The van der Waals surface area contributed by atoms with Gasteiger partial charge in [-0.05, 0) is 0 Å². The third-order valence-electron chi connectivity index (χ3n) is 0.399. The number of alkyl halides is 3. The molecule has 0 saturated carbocycles. The van der Waals surface area contributed by atoms with E-state index in [1.54, 1.807) is 0 Å². The van der Waals surface area contributed by atoms with E-state index < -0.39 is 12.0 Å². The van der Waals surface area contributed by atoms with Crippen LogP contribution >= 0.6 is 0 Å². The SMILES string of the molecule is CC(=O)C(F)(F)F.[Zr]. The van der Waals surface area contributed by atoms with Gasteiger partial charge in [0.15, 0.2) is 0 Å². The van der Waals surface area contributed by atoms with Crippen LogP contribution in [0.5, 0.6) is 0 Å². The van der Waals surface area contributed by atoms with Crippen molar-refractivity contribution in [3.8, 4) is 0 Å². The van der Waals surface area contributed by atoms with Crippen molar-refractivity contribution >= 4 is 5.78 Å². The van der Waals surface area contributed by atoms with Gasteiger partial charge in [0.25, 0.3) is 0 Å². The van der Waals surface area contributed by atoms with Crippen LogP contribution in [0.2, 0.25) is 0 Å². The molecule has 5 heteroatoms. The van der Waals surface area contributed by atoms with Crippen molar-refractivity contribution in [1.29, 1.82) is 0 Å². The van der Waals surface area contributed by atoms with Crippen LogP contribution in [0, 0.1) is 0 Å². The van der Waals surface area contributed by atoms with E-state index >= 15 is 0 Å². The zero-order valence-electron chi connectivity index (χ0n) is 4.04. The van der Waals surface area contributed by atoms with E-state index in [2.05, 4.69) is 0 Å². The summed E-state index contributed by atoms with van der Waals surface area (Å²) in [5.41, 5.74) is 0. The molecule has 0 spiro atoms. The number of carbonyl (C=O) groups excluding carboxylic acids is 1. The maximum absolute atomic E-state index is 10.8. The van der Waals surface area contributed by atoms with Gasteiger partial charge in [-0.25, -0.2) is 0 Å². The van der Waals surface area contributed by atoms with Crippen LogP contribution in [0.25, 0.3) is 0 Å². The summed E-state index contributed by atoms with van der Waals surface area (Å²) >= 11 is 0. The summed E-state index contributed by atoms with van der Waals surface area (Å²) in [5, 5.41) is 0. The second-order valence-electron chi connectivity index (χ2n) is 1.05. The van der Waals surface area contributed by atoms with Crippen molar-refractivity contribution in [2.75, 3.05) is 0 Å². The Kier molecular flexibility index (Phi) is 4.73. The third-order valence-corrected chi connectivity index (χ3v) is 0.399. The summed E-state index contributed by atoms with van der Waals surface area (Å²) in [5.74, 6) is -1.76. The molecule has 0 N–H and O–H groups in total.